The van der Waals surface area contributed by atoms with Crippen molar-refractivity contribution in [2.24, 2.45) is 0 Å². The van der Waals surface area contributed by atoms with Crippen LogP contribution in [0.3, 0.4) is 0 Å². The van der Waals surface area contributed by atoms with E-state index in [9.17, 15) is 14.9 Å². The first-order valence-corrected chi connectivity index (χ1v) is 4.24. The lowest BCUT2D eigenvalue weighted by Gasteiger charge is -1.99. The third-order valence-corrected chi connectivity index (χ3v) is 1.51. The Balaban J connectivity index is 2.64. The molecule has 0 spiro atoms. The Kier molecular flexibility index (Phi) is 3.67. The van der Waals surface area contributed by atoms with Crippen LogP contribution in [0.1, 0.15) is 12.6 Å². The molecular formula is C8H9N3O4. The van der Waals surface area contributed by atoms with Crippen LogP contribution in [0.2, 0.25) is 0 Å². The van der Waals surface area contributed by atoms with Gasteiger partial charge in [0.05, 0.1) is 18.7 Å². The quantitative estimate of drug-likeness (QED) is 0.408. The minimum Gasteiger partial charge on any atom is -0.466 e. The van der Waals surface area contributed by atoms with Gasteiger partial charge in [-0.2, -0.15) is 0 Å². The maximum atomic E-state index is 11.0. The average molecular weight is 211 g/mol. The molecule has 0 aromatic carbocycles. The van der Waals surface area contributed by atoms with Crippen LogP contribution in [0.25, 0.3) is 0 Å². The van der Waals surface area contributed by atoms with Gasteiger partial charge in [-0.3, -0.25) is 4.79 Å². The Morgan fingerprint density at radius 3 is 2.73 bits per heavy atom. The zero-order valence-electron chi connectivity index (χ0n) is 8.04. The van der Waals surface area contributed by atoms with E-state index in [2.05, 4.69) is 14.7 Å². The maximum absolute atomic E-state index is 11.0. The van der Waals surface area contributed by atoms with E-state index in [1.54, 1.807) is 6.92 Å². The van der Waals surface area contributed by atoms with Crippen LogP contribution in [-0.4, -0.2) is 27.5 Å². The van der Waals surface area contributed by atoms with Gasteiger partial charge >= 0.3 is 11.8 Å². The zero-order chi connectivity index (χ0) is 11.3. The van der Waals surface area contributed by atoms with Gasteiger partial charge in [0.25, 0.3) is 0 Å². The van der Waals surface area contributed by atoms with E-state index in [1.807, 2.05) is 0 Å². The molecule has 1 aromatic heterocycles. The SMILES string of the molecule is CCOC(=O)Cc1cnc([N+](=O)[O-])cn1. The van der Waals surface area contributed by atoms with Crippen LogP contribution < -0.4 is 0 Å². The minimum atomic E-state index is -0.652. The number of esters is 1. The van der Waals surface area contributed by atoms with Gasteiger partial charge in [0.1, 0.15) is 6.20 Å². The average Bonchev–Trinajstić information content (AvgIpc) is 2.18. The molecule has 0 atom stereocenters. The number of rotatable bonds is 4. The number of hydrogen-bond acceptors (Lipinski definition) is 6. The summed E-state index contributed by atoms with van der Waals surface area (Å²) in [4.78, 5) is 27.8. The van der Waals surface area contributed by atoms with Crippen LogP contribution in [0.15, 0.2) is 12.4 Å². The molecule has 0 saturated carbocycles. The highest BCUT2D eigenvalue weighted by Crippen LogP contribution is 2.04. The van der Waals surface area contributed by atoms with E-state index in [-0.39, 0.29) is 12.2 Å². The molecule has 0 fully saturated rings. The highest BCUT2D eigenvalue weighted by atomic mass is 16.6. The maximum Gasteiger partial charge on any atom is 0.381 e. The van der Waals surface area contributed by atoms with Gasteiger partial charge in [0.2, 0.25) is 0 Å². The lowest BCUT2D eigenvalue weighted by Crippen LogP contribution is -2.09. The zero-order valence-corrected chi connectivity index (χ0v) is 8.04. The molecule has 0 aliphatic heterocycles. The van der Waals surface area contributed by atoms with Gasteiger partial charge in [-0.1, -0.05) is 0 Å². The summed E-state index contributed by atoms with van der Waals surface area (Å²) in [5, 5.41) is 10.2. The van der Waals surface area contributed by atoms with E-state index in [0.29, 0.717) is 12.3 Å². The van der Waals surface area contributed by atoms with Gasteiger partial charge in [-0.25, -0.2) is 4.98 Å². The second-order valence-electron chi connectivity index (χ2n) is 2.60. The summed E-state index contributed by atoms with van der Waals surface area (Å²) in [6.45, 7) is 1.98. The lowest BCUT2D eigenvalue weighted by molar-refractivity contribution is -0.389. The van der Waals surface area contributed by atoms with Crippen molar-refractivity contribution >= 4 is 11.8 Å². The van der Waals surface area contributed by atoms with Crippen molar-refractivity contribution in [2.45, 2.75) is 13.3 Å². The fraction of sp³-hybridized carbons (Fsp3) is 0.375. The van der Waals surface area contributed by atoms with Crippen molar-refractivity contribution in [2.75, 3.05) is 6.61 Å². The molecule has 1 heterocycles. The summed E-state index contributed by atoms with van der Waals surface area (Å²) >= 11 is 0. The molecule has 0 amide bonds. The Bertz CT molecular complexity index is 363. The molecule has 80 valence electrons. The summed E-state index contributed by atoms with van der Waals surface area (Å²) in [5.74, 6) is -0.775. The van der Waals surface area contributed by atoms with Crippen molar-refractivity contribution in [1.82, 2.24) is 9.97 Å². The second kappa shape index (κ2) is 4.99. The number of ether oxygens (including phenoxy) is 1. The first-order valence-electron chi connectivity index (χ1n) is 4.24. The largest absolute Gasteiger partial charge is 0.466 e. The molecule has 15 heavy (non-hydrogen) atoms. The molecule has 0 bridgehead atoms. The van der Waals surface area contributed by atoms with E-state index >= 15 is 0 Å². The minimum absolute atomic E-state index is 0.0289. The molecule has 1 rings (SSSR count). The molecule has 0 unspecified atom stereocenters. The van der Waals surface area contributed by atoms with Gasteiger partial charge in [-0.15, -0.1) is 0 Å². The molecule has 0 radical (unpaired) electrons. The third kappa shape index (κ3) is 3.29. The Labute approximate surface area is 85.3 Å². The molecule has 1 aromatic rings. The van der Waals surface area contributed by atoms with E-state index < -0.39 is 10.9 Å². The number of carbonyl (C=O) groups is 1. The fourth-order valence-electron chi connectivity index (χ4n) is 0.893. The van der Waals surface area contributed by atoms with Crippen molar-refractivity contribution in [3.8, 4) is 0 Å². The molecule has 0 saturated heterocycles. The summed E-state index contributed by atoms with van der Waals surface area (Å²) in [5.41, 5.74) is 0.346. The molecular weight excluding hydrogens is 202 g/mol. The molecule has 7 heteroatoms. The Morgan fingerprint density at radius 1 is 1.53 bits per heavy atom. The number of nitrogens with zero attached hydrogens (tertiary/aromatic N) is 3. The normalized spacial score (nSPS) is 9.67. The van der Waals surface area contributed by atoms with Crippen LogP contribution in [0.5, 0.6) is 0 Å². The van der Waals surface area contributed by atoms with E-state index in [1.165, 1.54) is 6.20 Å². The van der Waals surface area contributed by atoms with Gasteiger partial charge in [0.15, 0.2) is 6.20 Å². The summed E-state index contributed by atoms with van der Waals surface area (Å²) in [6, 6.07) is 0. The lowest BCUT2D eigenvalue weighted by atomic mass is 10.3. The summed E-state index contributed by atoms with van der Waals surface area (Å²) < 4.78 is 4.68. The fourth-order valence-corrected chi connectivity index (χ4v) is 0.893. The molecule has 0 N–H and O–H groups in total. The number of nitro groups is 1. The number of hydrogen-bond donors (Lipinski definition) is 0. The van der Waals surface area contributed by atoms with Crippen molar-refractivity contribution < 1.29 is 14.5 Å². The van der Waals surface area contributed by atoms with Crippen LogP contribution in [0.4, 0.5) is 5.82 Å². The second-order valence-corrected chi connectivity index (χ2v) is 2.60. The van der Waals surface area contributed by atoms with Crippen molar-refractivity contribution in [3.05, 3.63) is 28.2 Å². The predicted octanol–water partition coefficient (Wildman–Crippen LogP) is 0.490. The molecule has 7 nitrogen and oxygen atoms in total. The first-order chi connectivity index (χ1) is 7.13. The smallest absolute Gasteiger partial charge is 0.381 e. The molecule has 0 aliphatic carbocycles. The third-order valence-electron chi connectivity index (χ3n) is 1.51. The standard InChI is InChI=1S/C8H9N3O4/c1-2-15-8(12)3-6-4-10-7(5-9-6)11(13)14/h4-5H,2-3H2,1H3. The van der Waals surface area contributed by atoms with Gasteiger partial charge < -0.3 is 14.9 Å². The van der Waals surface area contributed by atoms with Crippen molar-refractivity contribution in [3.63, 3.8) is 0 Å². The first kappa shape index (κ1) is 11.0. The van der Waals surface area contributed by atoms with E-state index in [0.717, 1.165) is 6.20 Å². The van der Waals surface area contributed by atoms with Crippen LogP contribution in [0, 0.1) is 10.1 Å². The van der Waals surface area contributed by atoms with Crippen LogP contribution >= 0.6 is 0 Å². The predicted molar refractivity (Wildman–Crippen MR) is 49.0 cm³/mol. The topological polar surface area (TPSA) is 95.2 Å². The monoisotopic (exact) mass is 211 g/mol. The number of aromatic nitrogens is 2. The summed E-state index contributed by atoms with van der Waals surface area (Å²) in [6.07, 6.45) is 2.17. The van der Waals surface area contributed by atoms with Crippen molar-refractivity contribution in [1.29, 1.82) is 0 Å². The van der Waals surface area contributed by atoms with E-state index in [4.69, 9.17) is 0 Å². The highest BCUT2D eigenvalue weighted by Gasteiger charge is 2.10. The number of carbonyl (C=O) groups excluding carboxylic acids is 1. The van der Waals surface area contributed by atoms with Gasteiger partial charge in [0, 0.05) is 0 Å². The van der Waals surface area contributed by atoms with Gasteiger partial charge in [-0.05, 0) is 16.8 Å². The highest BCUT2D eigenvalue weighted by molar-refractivity contribution is 5.71. The van der Waals surface area contributed by atoms with Crippen LogP contribution in [-0.2, 0) is 16.0 Å². The Morgan fingerprint density at radius 2 is 2.27 bits per heavy atom. The summed E-state index contributed by atoms with van der Waals surface area (Å²) in [7, 11) is 0. The molecule has 0 aliphatic rings. The Hall–Kier alpha value is -2.05.